The molecule has 0 bridgehead atoms. The lowest BCUT2D eigenvalue weighted by atomic mass is 9.47. The molecule has 63 heavy (non-hydrogen) atoms. The van der Waals surface area contributed by atoms with E-state index in [1.807, 2.05) is 13.8 Å². The molecular formula is C45H72O18. The van der Waals surface area contributed by atoms with Crippen molar-refractivity contribution in [2.45, 2.75) is 184 Å². The average molecular weight is 901 g/mol. The van der Waals surface area contributed by atoms with Crippen LogP contribution in [-0.2, 0) is 38.0 Å². The van der Waals surface area contributed by atoms with E-state index in [0.29, 0.717) is 38.0 Å². The molecule has 3 saturated heterocycles. The zero-order valence-electron chi connectivity index (χ0n) is 37.1. The lowest BCUT2D eigenvalue weighted by Gasteiger charge is -2.58. The second-order valence-corrected chi connectivity index (χ2v) is 20.5. The number of ketones is 2. The van der Waals surface area contributed by atoms with Gasteiger partial charge >= 0.3 is 0 Å². The summed E-state index contributed by atoms with van der Waals surface area (Å²) in [4.78, 5) is 27.2. The number of carbonyl (C=O) groups is 2. The van der Waals surface area contributed by atoms with Crippen molar-refractivity contribution in [1.29, 1.82) is 0 Å². The number of hydrogen-bond acceptors (Lipinski definition) is 18. The van der Waals surface area contributed by atoms with Gasteiger partial charge < -0.3 is 79.5 Å². The number of hydrogen-bond donors (Lipinski definition) is 10. The lowest BCUT2D eigenvalue weighted by molar-refractivity contribution is -0.396. The van der Waals surface area contributed by atoms with Gasteiger partial charge in [-0.3, -0.25) is 9.59 Å². The summed E-state index contributed by atoms with van der Waals surface area (Å²) in [5.41, 5.74) is -1.22. The zero-order valence-corrected chi connectivity index (χ0v) is 37.1. The maximum Gasteiger partial charge on any atom is 0.190 e. The molecule has 3 heterocycles. The predicted molar refractivity (Wildman–Crippen MR) is 218 cm³/mol. The summed E-state index contributed by atoms with van der Waals surface area (Å²) in [6.45, 7) is 8.24. The largest absolute Gasteiger partial charge is 0.396 e. The molecule has 0 aromatic carbocycles. The van der Waals surface area contributed by atoms with Crippen LogP contribution in [0.4, 0.5) is 0 Å². The number of rotatable bonds is 14. The van der Waals surface area contributed by atoms with Crippen LogP contribution in [-0.4, -0.2) is 181 Å². The fraction of sp³-hybridized carbons (Fsp3) is 0.911. The summed E-state index contributed by atoms with van der Waals surface area (Å²) in [5, 5.41) is 105. The van der Waals surface area contributed by atoms with Crippen molar-refractivity contribution >= 4 is 11.6 Å². The number of carbonyl (C=O) groups excluding carboxylic acids is 2. The highest BCUT2D eigenvalue weighted by atomic mass is 16.8. The number of aliphatic hydroxyl groups is 10. The first-order valence-corrected chi connectivity index (χ1v) is 23.0. The van der Waals surface area contributed by atoms with Gasteiger partial charge in [-0.05, 0) is 86.4 Å². The van der Waals surface area contributed by atoms with Crippen molar-refractivity contribution in [3.8, 4) is 0 Å². The SMILES string of the molecule is CC1O[C@@H](O[C@@H]2C(CO)OCC(COC3CC[C@@]4(C)C(=CC[C@H]5[C@@H]6CC(=O)[C@H]([C@H](C)C(=O)CC[C@@H](C)CO)[C@@]6(C)CC[C@@H]54)C3)(O[C@@H]3OC(O)[C@H](O)C(O)C3O)C2O)C(O)C(O)[C@H]1O. The number of aliphatic hydroxyl groups excluding tert-OH is 10. The van der Waals surface area contributed by atoms with Crippen LogP contribution in [0, 0.1) is 46.3 Å². The molecule has 10 N–H and O–H groups in total. The normalized spacial score (nSPS) is 49.9. The molecule has 3 aliphatic heterocycles. The van der Waals surface area contributed by atoms with E-state index in [-0.39, 0.29) is 58.6 Å². The van der Waals surface area contributed by atoms with Gasteiger partial charge in [0.05, 0.1) is 32.0 Å². The van der Waals surface area contributed by atoms with E-state index in [2.05, 4.69) is 19.9 Å². The highest BCUT2D eigenvalue weighted by Gasteiger charge is 2.63. The third-order valence-corrected chi connectivity index (χ3v) is 16.7. The summed E-state index contributed by atoms with van der Waals surface area (Å²) < 4.78 is 35.8. The minimum absolute atomic E-state index is 0.0247. The molecular weight excluding hydrogens is 828 g/mol. The smallest absolute Gasteiger partial charge is 0.190 e. The van der Waals surface area contributed by atoms with Crippen molar-refractivity contribution in [2.75, 3.05) is 26.4 Å². The molecule has 360 valence electrons. The van der Waals surface area contributed by atoms with E-state index < -0.39 is 111 Å². The summed E-state index contributed by atoms with van der Waals surface area (Å²) >= 11 is 0. The van der Waals surface area contributed by atoms with Gasteiger partial charge in [-0.25, -0.2) is 0 Å². The Morgan fingerprint density at radius 2 is 1.57 bits per heavy atom. The monoisotopic (exact) mass is 900 g/mol. The summed E-state index contributed by atoms with van der Waals surface area (Å²) in [6, 6.07) is 0. The minimum Gasteiger partial charge on any atom is -0.396 e. The first-order valence-electron chi connectivity index (χ1n) is 23.0. The van der Waals surface area contributed by atoms with Gasteiger partial charge in [-0.2, -0.15) is 0 Å². The van der Waals surface area contributed by atoms with Crippen molar-refractivity contribution < 1.29 is 89.1 Å². The van der Waals surface area contributed by atoms with Gasteiger partial charge in [-0.15, -0.1) is 0 Å². The van der Waals surface area contributed by atoms with Crippen LogP contribution in [0.3, 0.4) is 0 Å². The third-order valence-electron chi connectivity index (χ3n) is 16.7. The van der Waals surface area contributed by atoms with E-state index in [1.165, 1.54) is 12.5 Å². The fourth-order valence-electron chi connectivity index (χ4n) is 12.6. The van der Waals surface area contributed by atoms with Crippen LogP contribution >= 0.6 is 0 Å². The number of Topliss-reactive ketones (excluding diaryl/α,β-unsaturated/α-hetero) is 2. The molecule has 6 fully saturated rings. The zero-order chi connectivity index (χ0) is 45.9. The van der Waals surface area contributed by atoms with Crippen LogP contribution in [0.2, 0.25) is 0 Å². The van der Waals surface area contributed by atoms with Crippen LogP contribution in [0.15, 0.2) is 11.6 Å². The Kier molecular flexibility index (Phi) is 15.0. The Hall–Kier alpha value is -1.56. The van der Waals surface area contributed by atoms with Crippen molar-refractivity contribution in [3.05, 3.63) is 11.6 Å². The Labute approximate surface area is 368 Å². The van der Waals surface area contributed by atoms with Crippen LogP contribution in [0.5, 0.6) is 0 Å². The predicted octanol–water partition coefficient (Wildman–Crippen LogP) is -0.779. The van der Waals surface area contributed by atoms with Crippen LogP contribution < -0.4 is 0 Å². The molecule has 0 spiro atoms. The lowest BCUT2D eigenvalue weighted by Crippen LogP contribution is -2.70. The first kappa shape index (κ1) is 49.3. The van der Waals surface area contributed by atoms with Crippen LogP contribution in [0.25, 0.3) is 0 Å². The molecule has 0 aromatic rings. The summed E-state index contributed by atoms with van der Waals surface area (Å²) in [6.07, 6.45) is -13.8. The average Bonchev–Trinajstić information content (AvgIpc) is 3.54. The molecule has 10 unspecified atom stereocenters. The molecule has 4 aliphatic carbocycles. The highest BCUT2D eigenvalue weighted by Crippen LogP contribution is 2.66. The molecule has 0 radical (unpaired) electrons. The first-order chi connectivity index (χ1) is 29.7. The van der Waals surface area contributed by atoms with E-state index in [4.69, 9.17) is 28.4 Å². The molecule has 23 atom stereocenters. The third kappa shape index (κ3) is 9.00. The molecule has 18 nitrogen and oxygen atoms in total. The van der Waals surface area contributed by atoms with Gasteiger partial charge in [-0.1, -0.05) is 39.3 Å². The van der Waals surface area contributed by atoms with E-state index in [1.54, 1.807) is 0 Å². The quantitative estimate of drug-likeness (QED) is 0.0957. The fourth-order valence-corrected chi connectivity index (χ4v) is 12.6. The summed E-state index contributed by atoms with van der Waals surface area (Å²) in [5.74, 6) is 0.332. The molecule has 0 aromatic heterocycles. The van der Waals surface area contributed by atoms with Gasteiger partial charge in [0.25, 0.3) is 0 Å². The molecule has 7 rings (SSSR count). The van der Waals surface area contributed by atoms with Crippen molar-refractivity contribution in [2.24, 2.45) is 46.3 Å². The maximum atomic E-state index is 13.8. The topological polar surface area (TPSA) is 292 Å². The minimum atomic E-state index is -1.99. The number of fused-ring (bicyclic) bond motifs is 5. The van der Waals surface area contributed by atoms with Gasteiger partial charge in [0.2, 0.25) is 0 Å². The molecule has 0 amide bonds. The van der Waals surface area contributed by atoms with Crippen molar-refractivity contribution in [3.63, 3.8) is 0 Å². The Balaban J connectivity index is 1.08. The standard InChI is InChI=1S/C45H72O18/c1-20(16-46)6-9-28(48)21(2)31-29(49)15-27-25-8-7-23-14-24(10-12-43(23,4)26(25)11-13-44(27,31)5)58-18-45(63-42-37(55)34(52)35(53)40(57)62-42)19-59-30(17-47)38(39(45)56)61-41-36(54)33(51)32(50)22(3)60-41/h7,20-22,24-27,30-42,46-47,50-57H,6,8-19H2,1-5H3/t20-,21-,22?,24?,25-,26+,27+,30?,31+,32+,33?,34?,35-,36?,37?,38-,39?,40?,41+,42+,43+,44+,45?/m1/s1. The van der Waals surface area contributed by atoms with Gasteiger partial charge in [0.15, 0.2) is 18.9 Å². The van der Waals surface area contributed by atoms with Gasteiger partial charge in [0, 0.05) is 31.3 Å². The van der Waals surface area contributed by atoms with Crippen LogP contribution in [0.1, 0.15) is 92.4 Å². The molecule has 7 aliphatic rings. The second kappa shape index (κ2) is 19.2. The Morgan fingerprint density at radius 1 is 0.873 bits per heavy atom. The van der Waals surface area contributed by atoms with E-state index in [9.17, 15) is 60.7 Å². The number of ether oxygens (including phenoxy) is 6. The highest BCUT2D eigenvalue weighted by molar-refractivity contribution is 5.92. The Bertz CT molecular complexity index is 1650. The molecule has 18 heteroatoms. The second-order valence-electron chi connectivity index (χ2n) is 20.5. The summed E-state index contributed by atoms with van der Waals surface area (Å²) in [7, 11) is 0. The maximum absolute atomic E-state index is 13.8. The van der Waals surface area contributed by atoms with Gasteiger partial charge in [0.1, 0.15) is 72.1 Å². The van der Waals surface area contributed by atoms with E-state index >= 15 is 0 Å². The van der Waals surface area contributed by atoms with Crippen molar-refractivity contribution in [1.82, 2.24) is 0 Å². The molecule has 3 saturated carbocycles. The van der Waals surface area contributed by atoms with E-state index in [0.717, 1.165) is 25.7 Å². The number of allylic oxidation sites excluding steroid dienone is 1. The Morgan fingerprint density at radius 3 is 2.27 bits per heavy atom.